The van der Waals surface area contributed by atoms with Crippen molar-refractivity contribution >= 4 is 0 Å². The molecule has 1 aromatic heterocycles. The third-order valence-corrected chi connectivity index (χ3v) is 2.59. The number of rotatable bonds is 3. The van der Waals surface area contributed by atoms with Gasteiger partial charge in [-0.15, -0.1) is 0 Å². The van der Waals surface area contributed by atoms with Crippen molar-refractivity contribution in [2.75, 3.05) is 7.11 Å². The molecule has 2 rings (SSSR count). The van der Waals surface area contributed by atoms with Gasteiger partial charge in [-0.3, -0.25) is 0 Å². The highest BCUT2D eigenvalue weighted by Crippen LogP contribution is 2.33. The van der Waals surface area contributed by atoms with Crippen LogP contribution in [0.25, 0.3) is 0 Å². The molecule has 0 aliphatic rings. The summed E-state index contributed by atoms with van der Waals surface area (Å²) < 4.78 is 5.23. The number of nitrogens with one attached hydrogen (secondary N) is 1. The second-order valence-electron chi connectivity index (χ2n) is 3.71. The lowest BCUT2D eigenvalue weighted by molar-refractivity contribution is 0.0900. The maximum absolute atomic E-state index is 10.5. The quantitative estimate of drug-likeness (QED) is 0.824. The minimum Gasteiger partial charge on any atom is -0.496 e. The zero-order chi connectivity index (χ0) is 11.6. The lowest BCUT2D eigenvalue weighted by Gasteiger charge is -2.23. The summed E-state index contributed by atoms with van der Waals surface area (Å²) in [5.41, 5.74) is -0.497. The first kappa shape index (κ1) is 10.7. The number of aliphatic hydroxyl groups is 1. The summed E-state index contributed by atoms with van der Waals surface area (Å²) in [5.74, 6) is 1.14. The van der Waals surface area contributed by atoms with E-state index in [2.05, 4.69) is 9.97 Å². The van der Waals surface area contributed by atoms with Crippen LogP contribution < -0.4 is 4.74 Å². The molecular formula is C12H14N2O2. The molecule has 0 aliphatic heterocycles. The molecule has 0 bridgehead atoms. The Morgan fingerprint density at radius 1 is 1.38 bits per heavy atom. The zero-order valence-corrected chi connectivity index (χ0v) is 9.27. The smallest absolute Gasteiger partial charge is 0.148 e. The Hall–Kier alpha value is -1.81. The van der Waals surface area contributed by atoms with Gasteiger partial charge in [0.15, 0.2) is 0 Å². The highest BCUT2D eigenvalue weighted by atomic mass is 16.5. The molecule has 4 nitrogen and oxygen atoms in total. The van der Waals surface area contributed by atoms with Gasteiger partial charge in [0.1, 0.15) is 17.2 Å². The Labute approximate surface area is 93.9 Å². The van der Waals surface area contributed by atoms with E-state index in [4.69, 9.17) is 4.74 Å². The third-order valence-electron chi connectivity index (χ3n) is 2.59. The number of hydrogen-bond donors (Lipinski definition) is 2. The predicted molar refractivity (Wildman–Crippen MR) is 60.3 cm³/mol. The Bertz CT molecular complexity index is 464. The van der Waals surface area contributed by atoms with E-state index in [0.29, 0.717) is 17.1 Å². The van der Waals surface area contributed by atoms with E-state index in [0.717, 1.165) is 0 Å². The summed E-state index contributed by atoms with van der Waals surface area (Å²) in [7, 11) is 1.58. The van der Waals surface area contributed by atoms with Crippen LogP contribution in [0.15, 0.2) is 36.7 Å². The minimum atomic E-state index is -1.18. The SMILES string of the molecule is COc1ccccc1C(C)(O)c1ncc[nH]1. The first-order valence-corrected chi connectivity index (χ1v) is 5.02. The van der Waals surface area contributed by atoms with Gasteiger partial charge in [0.05, 0.1) is 7.11 Å². The second-order valence-corrected chi connectivity index (χ2v) is 3.71. The fourth-order valence-electron chi connectivity index (χ4n) is 1.71. The van der Waals surface area contributed by atoms with Crippen LogP contribution in [0.5, 0.6) is 5.75 Å². The maximum atomic E-state index is 10.5. The van der Waals surface area contributed by atoms with Gasteiger partial charge in [-0.2, -0.15) is 0 Å². The van der Waals surface area contributed by atoms with E-state index in [9.17, 15) is 5.11 Å². The van der Waals surface area contributed by atoms with Crippen molar-refractivity contribution in [2.24, 2.45) is 0 Å². The van der Waals surface area contributed by atoms with Crippen molar-refractivity contribution < 1.29 is 9.84 Å². The molecule has 1 heterocycles. The van der Waals surface area contributed by atoms with Gasteiger partial charge in [-0.1, -0.05) is 18.2 Å². The zero-order valence-electron chi connectivity index (χ0n) is 9.27. The van der Waals surface area contributed by atoms with Gasteiger partial charge < -0.3 is 14.8 Å². The molecule has 1 unspecified atom stereocenters. The highest BCUT2D eigenvalue weighted by Gasteiger charge is 2.31. The van der Waals surface area contributed by atoms with Crippen LogP contribution in [-0.2, 0) is 5.60 Å². The van der Waals surface area contributed by atoms with Gasteiger partial charge in [-0.05, 0) is 13.0 Å². The first-order valence-electron chi connectivity index (χ1n) is 5.02. The standard InChI is InChI=1S/C12H14N2O2/c1-12(15,11-13-7-8-14-11)9-5-3-4-6-10(9)16-2/h3-8,15H,1-2H3,(H,13,14). The topological polar surface area (TPSA) is 58.1 Å². The van der Waals surface area contributed by atoms with Crippen LogP contribution >= 0.6 is 0 Å². The molecule has 0 spiro atoms. The maximum Gasteiger partial charge on any atom is 0.148 e. The normalized spacial score (nSPS) is 14.4. The number of aromatic nitrogens is 2. The number of H-pyrrole nitrogens is 1. The van der Waals surface area contributed by atoms with Gasteiger partial charge >= 0.3 is 0 Å². The minimum absolute atomic E-state index is 0.497. The number of imidazole rings is 1. The summed E-state index contributed by atoms with van der Waals surface area (Å²) in [6.07, 6.45) is 3.29. The molecule has 0 fully saturated rings. The largest absolute Gasteiger partial charge is 0.496 e. The molecule has 0 amide bonds. The van der Waals surface area contributed by atoms with Crippen LogP contribution in [0.3, 0.4) is 0 Å². The monoisotopic (exact) mass is 218 g/mol. The van der Waals surface area contributed by atoms with E-state index in [1.54, 1.807) is 26.4 Å². The average molecular weight is 218 g/mol. The van der Waals surface area contributed by atoms with E-state index in [1.807, 2.05) is 24.3 Å². The molecule has 0 saturated carbocycles. The first-order chi connectivity index (χ1) is 7.66. The van der Waals surface area contributed by atoms with Crippen LogP contribution in [0.2, 0.25) is 0 Å². The number of hydrogen-bond acceptors (Lipinski definition) is 3. The van der Waals surface area contributed by atoms with E-state index < -0.39 is 5.60 Å². The Morgan fingerprint density at radius 3 is 2.75 bits per heavy atom. The number of benzene rings is 1. The molecule has 16 heavy (non-hydrogen) atoms. The van der Waals surface area contributed by atoms with E-state index >= 15 is 0 Å². The number of methoxy groups -OCH3 is 1. The molecule has 0 aliphatic carbocycles. The van der Waals surface area contributed by atoms with Crippen LogP contribution in [0.4, 0.5) is 0 Å². The molecule has 4 heteroatoms. The lowest BCUT2D eigenvalue weighted by Crippen LogP contribution is -2.25. The summed E-state index contributed by atoms with van der Waals surface area (Å²) >= 11 is 0. The van der Waals surface area contributed by atoms with E-state index in [1.165, 1.54) is 0 Å². The van der Waals surface area contributed by atoms with Crippen molar-refractivity contribution in [1.29, 1.82) is 0 Å². The van der Waals surface area contributed by atoms with Crippen LogP contribution in [0, 0.1) is 0 Å². The van der Waals surface area contributed by atoms with Crippen LogP contribution in [-0.4, -0.2) is 22.2 Å². The van der Waals surface area contributed by atoms with Crippen LogP contribution in [0.1, 0.15) is 18.3 Å². The van der Waals surface area contributed by atoms with Crippen molar-refractivity contribution in [3.05, 3.63) is 48.0 Å². The Kier molecular flexibility index (Phi) is 2.66. The predicted octanol–water partition coefficient (Wildman–Crippen LogP) is 1.67. The lowest BCUT2D eigenvalue weighted by atomic mass is 9.94. The fraction of sp³-hybridized carbons (Fsp3) is 0.250. The second kappa shape index (κ2) is 3.98. The molecule has 0 saturated heterocycles. The van der Waals surface area contributed by atoms with E-state index in [-0.39, 0.29) is 0 Å². The van der Waals surface area contributed by atoms with Gasteiger partial charge in [-0.25, -0.2) is 4.98 Å². The summed E-state index contributed by atoms with van der Waals surface area (Å²) in [6, 6.07) is 7.35. The summed E-state index contributed by atoms with van der Waals surface area (Å²) in [5, 5.41) is 10.5. The van der Waals surface area contributed by atoms with Gasteiger partial charge in [0.2, 0.25) is 0 Å². The summed E-state index contributed by atoms with van der Waals surface area (Å²) in [6.45, 7) is 1.68. The molecule has 0 radical (unpaired) electrons. The van der Waals surface area contributed by atoms with Gasteiger partial charge in [0, 0.05) is 18.0 Å². The molecule has 1 aromatic carbocycles. The number of ether oxygens (including phenoxy) is 1. The third kappa shape index (κ3) is 1.67. The van der Waals surface area contributed by atoms with Gasteiger partial charge in [0.25, 0.3) is 0 Å². The summed E-state index contributed by atoms with van der Waals surface area (Å²) in [4.78, 5) is 6.99. The van der Waals surface area contributed by atoms with Crippen molar-refractivity contribution in [3.63, 3.8) is 0 Å². The molecule has 84 valence electrons. The number of aromatic amines is 1. The van der Waals surface area contributed by atoms with Crippen molar-refractivity contribution in [2.45, 2.75) is 12.5 Å². The number of nitrogens with zero attached hydrogens (tertiary/aromatic N) is 1. The molecule has 2 aromatic rings. The highest BCUT2D eigenvalue weighted by molar-refractivity contribution is 5.40. The molecule has 2 N–H and O–H groups in total. The fourth-order valence-corrected chi connectivity index (χ4v) is 1.71. The Morgan fingerprint density at radius 2 is 2.12 bits per heavy atom. The molecule has 1 atom stereocenters. The van der Waals surface area contributed by atoms with Crippen molar-refractivity contribution in [1.82, 2.24) is 9.97 Å². The average Bonchev–Trinajstić information content (AvgIpc) is 2.83. The number of para-hydroxylation sites is 1. The van der Waals surface area contributed by atoms with Crippen molar-refractivity contribution in [3.8, 4) is 5.75 Å². The molecular weight excluding hydrogens is 204 g/mol. The Balaban J connectivity index is 2.51.